The molecule has 1 aliphatic rings. The van der Waals surface area contributed by atoms with Crippen molar-refractivity contribution in [3.63, 3.8) is 0 Å². The molecular formula is C17H23FO2. The van der Waals surface area contributed by atoms with Crippen LogP contribution in [0.15, 0.2) is 24.3 Å². The Balaban J connectivity index is 2.11. The molecular weight excluding hydrogens is 255 g/mol. The first-order chi connectivity index (χ1) is 9.66. The van der Waals surface area contributed by atoms with E-state index in [0.717, 1.165) is 31.2 Å². The van der Waals surface area contributed by atoms with Gasteiger partial charge in [0.15, 0.2) is 0 Å². The van der Waals surface area contributed by atoms with E-state index >= 15 is 0 Å². The number of hydrogen-bond acceptors (Lipinski definition) is 2. The fourth-order valence-electron chi connectivity index (χ4n) is 3.40. The summed E-state index contributed by atoms with van der Waals surface area (Å²) in [6.07, 6.45) is 8.02. The maximum absolute atomic E-state index is 13.5. The molecule has 0 radical (unpaired) electrons. The minimum absolute atomic E-state index is 0.0500. The lowest BCUT2D eigenvalue weighted by molar-refractivity contribution is -0.140. The van der Waals surface area contributed by atoms with E-state index in [1.807, 2.05) is 6.07 Å². The van der Waals surface area contributed by atoms with E-state index < -0.39 is 0 Å². The Morgan fingerprint density at radius 1 is 1.30 bits per heavy atom. The van der Waals surface area contributed by atoms with Crippen molar-refractivity contribution in [1.29, 1.82) is 0 Å². The quantitative estimate of drug-likeness (QED) is 0.747. The molecule has 2 nitrogen and oxygen atoms in total. The van der Waals surface area contributed by atoms with Gasteiger partial charge in [0.05, 0.1) is 7.11 Å². The summed E-state index contributed by atoms with van der Waals surface area (Å²) >= 11 is 0. The molecule has 1 aliphatic carbocycles. The van der Waals surface area contributed by atoms with Crippen molar-refractivity contribution in [2.45, 2.75) is 56.8 Å². The molecule has 1 aromatic rings. The van der Waals surface area contributed by atoms with Crippen molar-refractivity contribution < 1.29 is 13.9 Å². The van der Waals surface area contributed by atoms with Crippen LogP contribution in [-0.4, -0.2) is 13.1 Å². The van der Waals surface area contributed by atoms with Crippen molar-refractivity contribution >= 4 is 5.97 Å². The zero-order valence-electron chi connectivity index (χ0n) is 12.2. The monoisotopic (exact) mass is 278 g/mol. The summed E-state index contributed by atoms with van der Waals surface area (Å²) in [5, 5.41) is 0. The Labute approximate surface area is 120 Å². The van der Waals surface area contributed by atoms with Crippen LogP contribution in [0.25, 0.3) is 0 Å². The van der Waals surface area contributed by atoms with E-state index in [0.29, 0.717) is 6.42 Å². The highest BCUT2D eigenvalue weighted by atomic mass is 19.1. The standard InChI is InChI=1S/C17H23FO2/c1-20-16(19)9-6-12-17(10-3-2-4-11-17)14-7-5-8-15(18)13-14/h5,7-8,13H,2-4,6,9-12H2,1H3. The van der Waals surface area contributed by atoms with E-state index in [9.17, 15) is 9.18 Å². The maximum atomic E-state index is 13.5. The lowest BCUT2D eigenvalue weighted by Gasteiger charge is -2.38. The summed E-state index contributed by atoms with van der Waals surface area (Å²) in [7, 11) is 1.42. The fourth-order valence-corrected chi connectivity index (χ4v) is 3.40. The molecule has 1 aromatic carbocycles. The molecule has 0 aromatic heterocycles. The summed E-state index contributed by atoms with van der Waals surface area (Å²) < 4.78 is 18.2. The Morgan fingerprint density at radius 3 is 2.70 bits per heavy atom. The molecule has 0 saturated heterocycles. The number of ether oxygens (including phenoxy) is 1. The van der Waals surface area contributed by atoms with Crippen LogP contribution in [0.5, 0.6) is 0 Å². The largest absolute Gasteiger partial charge is 0.469 e. The van der Waals surface area contributed by atoms with E-state index in [4.69, 9.17) is 4.74 Å². The Kier molecular flexibility index (Phi) is 5.16. The molecule has 3 heteroatoms. The third kappa shape index (κ3) is 3.59. The number of rotatable bonds is 5. The van der Waals surface area contributed by atoms with Crippen molar-refractivity contribution in [2.24, 2.45) is 0 Å². The summed E-state index contributed by atoms with van der Waals surface area (Å²) in [6, 6.07) is 6.99. The van der Waals surface area contributed by atoms with Crippen LogP contribution in [0, 0.1) is 5.82 Å². The third-order valence-electron chi connectivity index (χ3n) is 4.51. The first-order valence-electron chi connectivity index (χ1n) is 7.49. The number of methoxy groups -OCH3 is 1. The van der Waals surface area contributed by atoms with Crippen LogP contribution in [0.1, 0.15) is 56.9 Å². The van der Waals surface area contributed by atoms with Gasteiger partial charge < -0.3 is 4.74 Å². The SMILES string of the molecule is COC(=O)CCCC1(c2cccc(F)c2)CCCCC1. The molecule has 1 fully saturated rings. The highest BCUT2D eigenvalue weighted by molar-refractivity contribution is 5.69. The van der Waals surface area contributed by atoms with Crippen molar-refractivity contribution in [3.05, 3.63) is 35.6 Å². The van der Waals surface area contributed by atoms with Gasteiger partial charge in [-0.2, -0.15) is 0 Å². The molecule has 0 spiro atoms. The molecule has 0 amide bonds. The zero-order valence-corrected chi connectivity index (χ0v) is 12.2. The molecule has 0 atom stereocenters. The van der Waals surface area contributed by atoms with Gasteiger partial charge >= 0.3 is 5.97 Å². The number of esters is 1. The number of halogens is 1. The number of carbonyl (C=O) groups is 1. The fraction of sp³-hybridized carbons (Fsp3) is 0.588. The highest BCUT2D eigenvalue weighted by Gasteiger charge is 2.33. The molecule has 0 bridgehead atoms. The molecule has 0 heterocycles. The summed E-state index contributed by atoms with van der Waals surface area (Å²) in [5.41, 5.74) is 1.15. The summed E-state index contributed by atoms with van der Waals surface area (Å²) in [6.45, 7) is 0. The van der Waals surface area contributed by atoms with E-state index in [2.05, 4.69) is 0 Å². The lowest BCUT2D eigenvalue weighted by Crippen LogP contribution is -2.29. The van der Waals surface area contributed by atoms with Gasteiger partial charge in [-0.05, 0) is 48.8 Å². The lowest BCUT2D eigenvalue weighted by atomic mass is 9.66. The van der Waals surface area contributed by atoms with Crippen molar-refractivity contribution in [2.75, 3.05) is 7.11 Å². The number of carbonyl (C=O) groups excluding carboxylic acids is 1. The second kappa shape index (κ2) is 6.87. The topological polar surface area (TPSA) is 26.3 Å². The maximum Gasteiger partial charge on any atom is 0.305 e. The molecule has 20 heavy (non-hydrogen) atoms. The average molecular weight is 278 g/mol. The van der Waals surface area contributed by atoms with Gasteiger partial charge in [-0.1, -0.05) is 31.4 Å². The normalized spacial score (nSPS) is 17.7. The van der Waals surface area contributed by atoms with Gasteiger partial charge in [-0.15, -0.1) is 0 Å². The number of hydrogen-bond donors (Lipinski definition) is 0. The molecule has 1 saturated carbocycles. The molecule has 2 rings (SSSR count). The summed E-state index contributed by atoms with van der Waals surface area (Å²) in [5.74, 6) is -0.324. The van der Waals surface area contributed by atoms with Crippen LogP contribution in [0.2, 0.25) is 0 Å². The van der Waals surface area contributed by atoms with Crippen LogP contribution in [-0.2, 0) is 14.9 Å². The van der Waals surface area contributed by atoms with Crippen molar-refractivity contribution in [3.8, 4) is 0 Å². The first-order valence-corrected chi connectivity index (χ1v) is 7.49. The minimum atomic E-state index is -0.166. The Bertz CT molecular complexity index is 450. The van der Waals surface area contributed by atoms with Crippen LogP contribution < -0.4 is 0 Å². The Morgan fingerprint density at radius 2 is 2.05 bits per heavy atom. The van der Waals surface area contributed by atoms with Gasteiger partial charge in [0, 0.05) is 6.42 Å². The smallest absolute Gasteiger partial charge is 0.305 e. The molecule has 0 N–H and O–H groups in total. The first kappa shape index (κ1) is 15.0. The van der Waals surface area contributed by atoms with Gasteiger partial charge in [0.1, 0.15) is 5.82 Å². The summed E-state index contributed by atoms with van der Waals surface area (Å²) in [4.78, 5) is 11.3. The highest BCUT2D eigenvalue weighted by Crippen LogP contribution is 2.43. The molecule has 110 valence electrons. The number of benzene rings is 1. The molecule has 0 aliphatic heterocycles. The zero-order chi connectivity index (χ0) is 14.4. The van der Waals surface area contributed by atoms with Gasteiger partial charge in [-0.25, -0.2) is 4.39 Å². The van der Waals surface area contributed by atoms with Gasteiger partial charge in [0.25, 0.3) is 0 Å². The van der Waals surface area contributed by atoms with Crippen LogP contribution in [0.3, 0.4) is 0 Å². The predicted octanol–water partition coefficient (Wildman–Crippen LogP) is 4.37. The van der Waals surface area contributed by atoms with Crippen LogP contribution in [0.4, 0.5) is 4.39 Å². The van der Waals surface area contributed by atoms with E-state index in [1.54, 1.807) is 12.1 Å². The Hall–Kier alpha value is -1.38. The second-order valence-electron chi connectivity index (χ2n) is 5.78. The predicted molar refractivity (Wildman–Crippen MR) is 77.0 cm³/mol. The average Bonchev–Trinajstić information content (AvgIpc) is 2.48. The van der Waals surface area contributed by atoms with Gasteiger partial charge in [-0.3, -0.25) is 4.79 Å². The van der Waals surface area contributed by atoms with E-state index in [-0.39, 0.29) is 17.2 Å². The molecule has 0 unspecified atom stereocenters. The van der Waals surface area contributed by atoms with Crippen LogP contribution >= 0.6 is 0 Å². The second-order valence-corrected chi connectivity index (χ2v) is 5.78. The van der Waals surface area contributed by atoms with E-state index in [1.165, 1.54) is 32.4 Å². The van der Waals surface area contributed by atoms with Crippen molar-refractivity contribution in [1.82, 2.24) is 0 Å². The van der Waals surface area contributed by atoms with Gasteiger partial charge in [0.2, 0.25) is 0 Å². The third-order valence-corrected chi connectivity index (χ3v) is 4.51. The minimum Gasteiger partial charge on any atom is -0.469 e.